The summed E-state index contributed by atoms with van der Waals surface area (Å²) in [7, 11) is 0. The minimum atomic E-state index is -0.623. The zero-order valence-electron chi connectivity index (χ0n) is 9.18. The van der Waals surface area contributed by atoms with E-state index in [-0.39, 0.29) is 24.3 Å². The Labute approximate surface area is 95.9 Å². The first-order valence-corrected chi connectivity index (χ1v) is 5.88. The molecule has 0 aromatic rings. The summed E-state index contributed by atoms with van der Waals surface area (Å²) < 4.78 is 10.8. The molecule has 0 bridgehead atoms. The maximum absolute atomic E-state index is 11.4. The fraction of sp³-hybridized carbons (Fsp3) is 0.900. The minimum Gasteiger partial charge on any atom is -0.461 e. The zero-order valence-corrected chi connectivity index (χ0v) is 10.1. The van der Waals surface area contributed by atoms with Crippen molar-refractivity contribution in [1.82, 2.24) is 0 Å². The van der Waals surface area contributed by atoms with Crippen molar-refractivity contribution in [1.29, 1.82) is 0 Å². The second-order valence-corrected chi connectivity index (χ2v) is 4.44. The summed E-state index contributed by atoms with van der Waals surface area (Å²) in [6.45, 7) is 3.96. The molecule has 2 N–H and O–H groups in total. The average molecular weight is 233 g/mol. The number of esters is 1. The number of thiol groups is 1. The van der Waals surface area contributed by atoms with Crippen molar-refractivity contribution < 1.29 is 14.3 Å². The Morgan fingerprint density at radius 1 is 1.53 bits per heavy atom. The molecule has 15 heavy (non-hydrogen) atoms. The van der Waals surface area contributed by atoms with Gasteiger partial charge in [-0.3, -0.25) is 4.79 Å². The molecular formula is C10H19NO3S. The maximum atomic E-state index is 11.4. The van der Waals surface area contributed by atoms with Crippen molar-refractivity contribution in [3.05, 3.63) is 0 Å². The first-order chi connectivity index (χ1) is 7.02. The molecule has 1 heterocycles. The summed E-state index contributed by atoms with van der Waals surface area (Å²) in [6.07, 6.45) is 1.70. The van der Waals surface area contributed by atoms with E-state index >= 15 is 0 Å². The van der Waals surface area contributed by atoms with E-state index in [1.54, 1.807) is 0 Å². The second kappa shape index (κ2) is 5.72. The Kier molecular flexibility index (Phi) is 4.89. The zero-order chi connectivity index (χ0) is 11.4. The molecule has 0 aromatic heterocycles. The third-order valence-electron chi connectivity index (χ3n) is 2.44. The lowest BCUT2D eigenvalue weighted by Crippen LogP contribution is -2.40. The summed E-state index contributed by atoms with van der Waals surface area (Å²) in [4.78, 5) is 11.4. The highest BCUT2D eigenvalue weighted by molar-refractivity contribution is 7.80. The van der Waals surface area contributed by atoms with Gasteiger partial charge in [-0.05, 0) is 13.8 Å². The Hall–Kier alpha value is -0.260. The number of ether oxygens (including phenoxy) is 2. The van der Waals surface area contributed by atoms with E-state index in [9.17, 15) is 4.79 Å². The summed E-state index contributed by atoms with van der Waals surface area (Å²) in [5.74, 6) is -0.0519. The van der Waals surface area contributed by atoms with Gasteiger partial charge < -0.3 is 15.2 Å². The molecule has 4 nitrogen and oxygen atoms in total. The monoisotopic (exact) mass is 233 g/mol. The van der Waals surface area contributed by atoms with Gasteiger partial charge in [-0.25, -0.2) is 0 Å². The van der Waals surface area contributed by atoms with E-state index in [0.717, 1.165) is 12.8 Å². The fourth-order valence-electron chi connectivity index (χ4n) is 1.77. The highest BCUT2D eigenvalue weighted by Gasteiger charge is 2.28. The van der Waals surface area contributed by atoms with Gasteiger partial charge in [-0.15, -0.1) is 0 Å². The molecular weight excluding hydrogens is 214 g/mol. The van der Waals surface area contributed by atoms with Gasteiger partial charge in [0.1, 0.15) is 12.1 Å². The van der Waals surface area contributed by atoms with Crippen molar-refractivity contribution in [2.75, 3.05) is 5.75 Å². The third kappa shape index (κ3) is 4.01. The summed E-state index contributed by atoms with van der Waals surface area (Å²) >= 11 is 3.96. The molecule has 0 radical (unpaired) electrons. The van der Waals surface area contributed by atoms with E-state index in [1.807, 2.05) is 13.8 Å². The molecule has 0 spiro atoms. The lowest BCUT2D eigenvalue weighted by molar-refractivity contribution is -0.160. The molecule has 88 valence electrons. The number of rotatable bonds is 3. The average Bonchev–Trinajstić information content (AvgIpc) is 2.14. The molecule has 1 saturated heterocycles. The second-order valence-electron chi connectivity index (χ2n) is 4.08. The van der Waals surface area contributed by atoms with Gasteiger partial charge in [-0.2, -0.15) is 12.6 Å². The lowest BCUT2D eigenvalue weighted by Gasteiger charge is -2.32. The molecule has 1 aliphatic heterocycles. The van der Waals surface area contributed by atoms with Crippen molar-refractivity contribution in [2.45, 2.75) is 51.0 Å². The molecule has 3 atom stereocenters. The van der Waals surface area contributed by atoms with Crippen LogP contribution in [0.4, 0.5) is 0 Å². The van der Waals surface area contributed by atoms with Gasteiger partial charge >= 0.3 is 5.97 Å². The number of carbonyl (C=O) groups is 1. The van der Waals surface area contributed by atoms with Crippen molar-refractivity contribution in [3.8, 4) is 0 Å². The Morgan fingerprint density at radius 2 is 2.07 bits per heavy atom. The molecule has 0 aliphatic carbocycles. The number of hydrogen-bond acceptors (Lipinski definition) is 5. The first-order valence-electron chi connectivity index (χ1n) is 5.25. The standard InChI is InChI=1S/C10H19NO3S/c1-6-3-8(4-7(2)13-6)14-10(12)9(11)5-15/h6-9,15H,3-5,11H2,1-2H3. The van der Waals surface area contributed by atoms with Crippen LogP contribution < -0.4 is 5.73 Å². The van der Waals surface area contributed by atoms with Crippen LogP contribution >= 0.6 is 12.6 Å². The quantitative estimate of drug-likeness (QED) is 0.557. The van der Waals surface area contributed by atoms with Gasteiger partial charge in [-0.1, -0.05) is 0 Å². The van der Waals surface area contributed by atoms with E-state index in [1.165, 1.54) is 0 Å². The highest BCUT2D eigenvalue weighted by atomic mass is 32.1. The highest BCUT2D eigenvalue weighted by Crippen LogP contribution is 2.21. The SMILES string of the molecule is CC1CC(OC(=O)C(N)CS)CC(C)O1. The van der Waals surface area contributed by atoms with E-state index in [4.69, 9.17) is 15.2 Å². The Morgan fingerprint density at radius 3 is 2.53 bits per heavy atom. The summed E-state index contributed by atoms with van der Waals surface area (Å²) in [6, 6.07) is -0.623. The van der Waals surface area contributed by atoms with Crippen LogP contribution in [0.15, 0.2) is 0 Å². The van der Waals surface area contributed by atoms with Gasteiger partial charge in [0.25, 0.3) is 0 Å². The van der Waals surface area contributed by atoms with Crippen LogP contribution in [0, 0.1) is 0 Å². The van der Waals surface area contributed by atoms with Crippen LogP contribution in [0.1, 0.15) is 26.7 Å². The predicted octanol–water partition coefficient (Wildman–Crippen LogP) is 0.743. The van der Waals surface area contributed by atoms with Crippen molar-refractivity contribution in [2.24, 2.45) is 5.73 Å². The number of hydrogen-bond donors (Lipinski definition) is 2. The summed E-state index contributed by atoms with van der Waals surface area (Å²) in [5.41, 5.74) is 5.52. The molecule has 1 aliphatic rings. The predicted molar refractivity (Wildman–Crippen MR) is 61.0 cm³/mol. The molecule has 3 unspecified atom stereocenters. The van der Waals surface area contributed by atoms with E-state index in [0.29, 0.717) is 5.75 Å². The first kappa shape index (κ1) is 12.8. The normalized spacial score (nSPS) is 33.5. The van der Waals surface area contributed by atoms with Crippen LogP contribution in [0.3, 0.4) is 0 Å². The van der Waals surface area contributed by atoms with Gasteiger partial charge in [0.2, 0.25) is 0 Å². The van der Waals surface area contributed by atoms with Crippen LogP contribution in [-0.4, -0.2) is 36.1 Å². The van der Waals surface area contributed by atoms with Crippen LogP contribution in [0.2, 0.25) is 0 Å². The fourth-order valence-corrected chi connectivity index (χ4v) is 1.92. The van der Waals surface area contributed by atoms with Gasteiger partial charge in [0.05, 0.1) is 12.2 Å². The van der Waals surface area contributed by atoms with Crippen molar-refractivity contribution >= 4 is 18.6 Å². The number of carbonyl (C=O) groups excluding carboxylic acids is 1. The molecule has 1 rings (SSSR count). The molecule has 0 saturated carbocycles. The van der Waals surface area contributed by atoms with Gasteiger partial charge in [0, 0.05) is 18.6 Å². The molecule has 1 fully saturated rings. The maximum Gasteiger partial charge on any atom is 0.324 e. The molecule has 0 aromatic carbocycles. The van der Waals surface area contributed by atoms with Crippen LogP contribution in [0.5, 0.6) is 0 Å². The van der Waals surface area contributed by atoms with Crippen LogP contribution in [-0.2, 0) is 14.3 Å². The topological polar surface area (TPSA) is 61.5 Å². The molecule has 0 amide bonds. The molecule has 5 heteroatoms. The third-order valence-corrected chi connectivity index (χ3v) is 2.83. The van der Waals surface area contributed by atoms with Gasteiger partial charge in [0.15, 0.2) is 0 Å². The van der Waals surface area contributed by atoms with E-state index in [2.05, 4.69) is 12.6 Å². The largest absolute Gasteiger partial charge is 0.461 e. The smallest absolute Gasteiger partial charge is 0.324 e. The Bertz CT molecular complexity index is 215. The lowest BCUT2D eigenvalue weighted by atomic mass is 10.0. The Balaban J connectivity index is 2.40. The van der Waals surface area contributed by atoms with Crippen molar-refractivity contribution in [3.63, 3.8) is 0 Å². The van der Waals surface area contributed by atoms with Crippen LogP contribution in [0.25, 0.3) is 0 Å². The van der Waals surface area contributed by atoms with E-state index < -0.39 is 6.04 Å². The number of nitrogens with two attached hydrogens (primary N) is 1. The minimum absolute atomic E-state index is 0.0674. The summed E-state index contributed by atoms with van der Waals surface area (Å²) in [5, 5.41) is 0.